The minimum absolute atomic E-state index is 0.911. The van der Waals surface area contributed by atoms with E-state index < -0.39 is 0 Å². The van der Waals surface area contributed by atoms with Crippen LogP contribution >= 0.6 is 15.9 Å². The van der Waals surface area contributed by atoms with Gasteiger partial charge in [-0.15, -0.1) is 0 Å². The molecule has 0 spiro atoms. The Bertz CT molecular complexity index is 387. The average Bonchev–Trinajstić information content (AvgIpc) is 2.17. The summed E-state index contributed by atoms with van der Waals surface area (Å²) in [5, 5.41) is 0. The van der Waals surface area contributed by atoms with Crippen LogP contribution in [0.3, 0.4) is 0 Å². The highest BCUT2D eigenvalue weighted by Gasteiger charge is 2.17. The molecule has 1 heterocycles. The van der Waals surface area contributed by atoms with Gasteiger partial charge in [0.2, 0.25) is 0 Å². The summed E-state index contributed by atoms with van der Waals surface area (Å²) in [5.74, 6) is 0. The first-order chi connectivity index (χ1) is 7.16. The summed E-state index contributed by atoms with van der Waals surface area (Å²) in [6.45, 7) is 6.82. The molecule has 0 aliphatic carbocycles. The second kappa shape index (κ2) is 4.37. The third-order valence-electron chi connectivity index (χ3n) is 2.78. The van der Waals surface area contributed by atoms with Crippen LogP contribution in [-0.2, 0) is 13.0 Å². The van der Waals surface area contributed by atoms with Gasteiger partial charge in [0.15, 0.2) is 0 Å². The maximum Gasteiger partial charge on any atom is 0.0350 e. The van der Waals surface area contributed by atoms with Crippen molar-refractivity contribution in [3.63, 3.8) is 0 Å². The summed E-state index contributed by atoms with van der Waals surface area (Å²) < 4.78 is 1.04. The Hall–Kier alpha value is -0.800. The van der Waals surface area contributed by atoms with E-state index in [2.05, 4.69) is 33.5 Å². The van der Waals surface area contributed by atoms with Crippen LogP contribution in [0.2, 0.25) is 0 Å². The predicted octanol–water partition coefficient (Wildman–Crippen LogP) is 2.54. The molecule has 0 amide bonds. The van der Waals surface area contributed by atoms with Gasteiger partial charge in [0.05, 0.1) is 0 Å². The number of hydrogen-bond donors (Lipinski definition) is 1. The minimum Gasteiger partial charge on any atom is -0.398 e. The third kappa shape index (κ3) is 2.41. The number of nitrogens with two attached hydrogens (primary N) is 1. The molecule has 0 unspecified atom stereocenters. The zero-order chi connectivity index (χ0) is 10.8. The van der Waals surface area contributed by atoms with Gasteiger partial charge in [-0.2, -0.15) is 0 Å². The molecule has 0 saturated carbocycles. The first-order valence-electron chi connectivity index (χ1n) is 5.08. The topological polar surface area (TPSA) is 29.3 Å². The van der Waals surface area contributed by atoms with Gasteiger partial charge in [-0.3, -0.25) is 4.90 Å². The van der Waals surface area contributed by atoms with E-state index in [1.165, 1.54) is 11.1 Å². The van der Waals surface area contributed by atoms with Crippen molar-refractivity contribution in [3.05, 3.63) is 40.4 Å². The predicted molar refractivity (Wildman–Crippen MR) is 67.9 cm³/mol. The van der Waals surface area contributed by atoms with Crippen molar-refractivity contribution in [2.75, 3.05) is 18.8 Å². The van der Waals surface area contributed by atoms with Gasteiger partial charge in [0, 0.05) is 29.8 Å². The molecule has 1 aromatic carbocycles. The zero-order valence-electron chi connectivity index (χ0n) is 8.67. The van der Waals surface area contributed by atoms with Crippen molar-refractivity contribution >= 4 is 21.6 Å². The van der Waals surface area contributed by atoms with Crippen molar-refractivity contribution in [2.24, 2.45) is 0 Å². The lowest BCUT2D eigenvalue weighted by molar-refractivity contribution is 0.281. The summed E-state index contributed by atoms with van der Waals surface area (Å²) in [6, 6.07) is 6.17. The molecule has 80 valence electrons. The van der Waals surface area contributed by atoms with Crippen molar-refractivity contribution in [1.29, 1.82) is 0 Å². The highest BCUT2D eigenvalue weighted by atomic mass is 79.9. The van der Waals surface area contributed by atoms with Crippen LogP contribution < -0.4 is 5.73 Å². The van der Waals surface area contributed by atoms with Gasteiger partial charge in [-0.05, 0) is 23.6 Å². The maximum absolute atomic E-state index is 5.94. The van der Waals surface area contributed by atoms with Crippen LogP contribution in [0.25, 0.3) is 0 Å². The van der Waals surface area contributed by atoms with Gasteiger partial charge in [0.1, 0.15) is 0 Å². The van der Waals surface area contributed by atoms with Crippen molar-refractivity contribution < 1.29 is 0 Å². The minimum atomic E-state index is 0.911. The first kappa shape index (κ1) is 10.7. The van der Waals surface area contributed by atoms with E-state index in [0.29, 0.717) is 0 Å². The van der Waals surface area contributed by atoms with Crippen LogP contribution in [0.4, 0.5) is 5.69 Å². The maximum atomic E-state index is 5.94. The second-order valence-corrected chi connectivity index (χ2v) is 5.08. The van der Waals surface area contributed by atoms with Crippen LogP contribution in [0.15, 0.2) is 29.3 Å². The molecule has 1 aliphatic rings. The molecule has 1 aromatic rings. The third-order valence-corrected chi connectivity index (χ3v) is 3.03. The number of fused-ring (bicyclic) bond motifs is 1. The smallest absolute Gasteiger partial charge is 0.0350 e. The lowest BCUT2D eigenvalue weighted by Crippen LogP contribution is -2.31. The Labute approximate surface area is 98.9 Å². The lowest BCUT2D eigenvalue weighted by atomic mass is 9.98. The summed E-state index contributed by atoms with van der Waals surface area (Å²) in [4.78, 5) is 2.37. The standard InChI is InChI=1S/C12H15BrN2/c1-9(13)7-15-6-5-11-10(8-15)3-2-4-12(11)14/h2-4H,1,5-8,14H2. The molecule has 0 aromatic heterocycles. The van der Waals surface area contributed by atoms with E-state index in [9.17, 15) is 0 Å². The largest absolute Gasteiger partial charge is 0.398 e. The molecule has 0 bridgehead atoms. The fourth-order valence-corrected chi connectivity index (χ4v) is 2.43. The summed E-state index contributed by atoms with van der Waals surface area (Å²) >= 11 is 3.40. The van der Waals surface area contributed by atoms with Crippen LogP contribution in [0, 0.1) is 0 Å². The zero-order valence-corrected chi connectivity index (χ0v) is 10.3. The van der Waals surface area contributed by atoms with E-state index in [4.69, 9.17) is 5.73 Å². The fourth-order valence-electron chi connectivity index (χ4n) is 2.08. The Morgan fingerprint density at radius 3 is 3.07 bits per heavy atom. The first-order valence-corrected chi connectivity index (χ1v) is 5.88. The van der Waals surface area contributed by atoms with E-state index in [-0.39, 0.29) is 0 Å². The molecule has 2 N–H and O–H groups in total. The number of hydrogen-bond acceptors (Lipinski definition) is 2. The highest BCUT2D eigenvalue weighted by molar-refractivity contribution is 9.11. The monoisotopic (exact) mass is 266 g/mol. The SMILES string of the molecule is C=C(Br)CN1CCc2c(N)cccc2C1. The number of anilines is 1. The van der Waals surface area contributed by atoms with Crippen molar-refractivity contribution in [3.8, 4) is 0 Å². The molecule has 1 aliphatic heterocycles. The summed E-state index contributed by atoms with van der Waals surface area (Å²) in [7, 11) is 0. The van der Waals surface area contributed by atoms with E-state index in [1.54, 1.807) is 0 Å². The van der Waals surface area contributed by atoms with Crippen molar-refractivity contribution in [2.45, 2.75) is 13.0 Å². The number of rotatable bonds is 2. The number of nitrogen functional groups attached to an aromatic ring is 1. The molecule has 15 heavy (non-hydrogen) atoms. The van der Waals surface area contributed by atoms with Crippen LogP contribution in [0.1, 0.15) is 11.1 Å². The number of benzene rings is 1. The molecule has 0 atom stereocenters. The molecule has 2 nitrogen and oxygen atoms in total. The van der Waals surface area contributed by atoms with Gasteiger partial charge >= 0.3 is 0 Å². The second-order valence-electron chi connectivity index (χ2n) is 3.96. The van der Waals surface area contributed by atoms with Gasteiger partial charge < -0.3 is 5.73 Å². The summed E-state index contributed by atoms with van der Waals surface area (Å²) in [6.07, 6.45) is 1.04. The van der Waals surface area contributed by atoms with E-state index in [1.807, 2.05) is 12.1 Å². The molecule has 0 fully saturated rings. The molecule has 3 heteroatoms. The highest BCUT2D eigenvalue weighted by Crippen LogP contribution is 2.24. The molecular formula is C12H15BrN2. The van der Waals surface area contributed by atoms with E-state index >= 15 is 0 Å². The number of halogens is 1. The Kier molecular flexibility index (Phi) is 3.12. The Balaban J connectivity index is 2.17. The fraction of sp³-hybridized carbons (Fsp3) is 0.333. The Morgan fingerprint density at radius 2 is 2.33 bits per heavy atom. The van der Waals surface area contributed by atoms with Crippen molar-refractivity contribution in [1.82, 2.24) is 4.90 Å². The quantitative estimate of drug-likeness (QED) is 0.834. The lowest BCUT2D eigenvalue weighted by Gasteiger charge is -2.29. The normalized spacial score (nSPS) is 16.1. The molecule has 0 saturated heterocycles. The van der Waals surface area contributed by atoms with Crippen LogP contribution in [0.5, 0.6) is 0 Å². The van der Waals surface area contributed by atoms with Gasteiger partial charge in [0.25, 0.3) is 0 Å². The number of nitrogens with zero attached hydrogens (tertiary/aromatic N) is 1. The summed E-state index contributed by atoms with van der Waals surface area (Å²) in [5.41, 5.74) is 9.56. The average molecular weight is 267 g/mol. The molecule has 2 rings (SSSR count). The van der Waals surface area contributed by atoms with E-state index in [0.717, 1.165) is 36.2 Å². The molecule has 0 radical (unpaired) electrons. The van der Waals surface area contributed by atoms with Crippen LogP contribution in [-0.4, -0.2) is 18.0 Å². The van der Waals surface area contributed by atoms with Gasteiger partial charge in [-0.1, -0.05) is 34.6 Å². The Morgan fingerprint density at radius 1 is 1.53 bits per heavy atom. The molecular weight excluding hydrogens is 252 g/mol. The van der Waals surface area contributed by atoms with Gasteiger partial charge in [-0.25, -0.2) is 0 Å².